The Kier molecular flexibility index (Phi) is 14.5. The number of aliphatic hydroxyl groups excluding tert-OH is 2. The van der Waals surface area contributed by atoms with E-state index in [2.05, 4.69) is 103 Å². The summed E-state index contributed by atoms with van der Waals surface area (Å²) in [5.74, 6) is 0.757. The summed E-state index contributed by atoms with van der Waals surface area (Å²) >= 11 is 0. The number of carbonyl (C=O) groups is 2. The third kappa shape index (κ3) is 11.9. The number of carbonyl (C=O) groups excluding carboxylic acids is 2. The molecule has 4 aromatic carbocycles. The maximum absolute atomic E-state index is 12.8. The van der Waals surface area contributed by atoms with Gasteiger partial charge in [-0.25, -0.2) is 9.59 Å². The maximum Gasteiger partial charge on any atom is 0.338 e. The first-order valence-corrected chi connectivity index (χ1v) is 22.5. The molecule has 0 aliphatic carbocycles. The molecule has 2 fully saturated rings. The second kappa shape index (κ2) is 19.2. The lowest BCUT2D eigenvalue weighted by Gasteiger charge is -2.55. The molecule has 0 radical (unpaired) electrons. The van der Waals surface area contributed by atoms with E-state index in [1.807, 2.05) is 60.7 Å². The molecule has 2 aliphatic heterocycles. The third-order valence-electron chi connectivity index (χ3n) is 13.2. The molecule has 2 unspecified atom stereocenters. The smallest absolute Gasteiger partial charge is 0.338 e. The molecule has 2 atom stereocenters. The summed E-state index contributed by atoms with van der Waals surface area (Å²) in [4.78, 5) is 30.3. The average molecular weight is 863 g/mol. The van der Waals surface area contributed by atoms with Crippen molar-refractivity contribution in [3.63, 3.8) is 0 Å². The van der Waals surface area contributed by atoms with Crippen LogP contribution in [0.2, 0.25) is 0 Å². The minimum atomic E-state index is -0.723. The molecule has 2 heterocycles. The second-order valence-corrected chi connectivity index (χ2v) is 20.7. The molecule has 0 saturated carbocycles. The van der Waals surface area contributed by atoms with Crippen molar-refractivity contribution in [1.82, 2.24) is 9.80 Å². The number of likely N-dealkylation sites (tertiary alicyclic amines) is 2. The summed E-state index contributed by atoms with van der Waals surface area (Å²) in [5.41, 5.74) is 1.74. The van der Waals surface area contributed by atoms with E-state index < -0.39 is 12.2 Å². The van der Waals surface area contributed by atoms with Crippen LogP contribution in [0.5, 0.6) is 11.5 Å². The molecule has 0 bridgehead atoms. The van der Waals surface area contributed by atoms with Crippen LogP contribution >= 0.6 is 0 Å². The number of hydrogen-bond acceptors (Lipinski definition) is 10. The van der Waals surface area contributed by atoms with E-state index in [1.54, 1.807) is 24.3 Å². The van der Waals surface area contributed by atoms with Gasteiger partial charge in [0.05, 0.1) is 11.1 Å². The standard InChI is InChI=1S/C53H70N2O8/c1-49(2)29-45(62-47(58)37-17-13-11-14-18-37)30-50(3,4)54(49)33-41(56)35-60-43-25-21-39(22-26-43)53(9,10)40-23-27-44(28-24-40)61-36-42(57)34-55-51(5,6)31-46(32-52(55,7)8)63-48(59)38-19-15-12-16-20-38/h11-28,41-42,45-46,56-57H,29-36H2,1-10H3. The van der Waals surface area contributed by atoms with E-state index in [-0.39, 0.29) is 64.9 Å². The fraction of sp³-hybridized carbons (Fsp3) is 0.509. The van der Waals surface area contributed by atoms with Gasteiger partial charge in [0, 0.05) is 66.3 Å². The van der Waals surface area contributed by atoms with E-state index in [0.717, 1.165) is 11.1 Å². The molecule has 0 aromatic heterocycles. The van der Waals surface area contributed by atoms with Gasteiger partial charge < -0.3 is 29.2 Å². The van der Waals surface area contributed by atoms with Gasteiger partial charge in [-0.3, -0.25) is 9.80 Å². The molecule has 6 rings (SSSR count). The molecule has 10 nitrogen and oxygen atoms in total. The zero-order valence-electron chi connectivity index (χ0n) is 39.1. The normalized spacial score (nSPS) is 20.0. The first-order valence-electron chi connectivity index (χ1n) is 22.5. The van der Waals surface area contributed by atoms with Crippen LogP contribution in [-0.4, -0.2) is 105 Å². The van der Waals surface area contributed by atoms with Gasteiger partial charge in [-0.05, 0) is 115 Å². The summed E-state index contributed by atoms with van der Waals surface area (Å²) in [5, 5.41) is 22.4. The Bertz CT molecular complexity index is 1930. The van der Waals surface area contributed by atoms with E-state index in [4.69, 9.17) is 18.9 Å². The summed E-state index contributed by atoms with van der Waals surface area (Å²) < 4.78 is 24.1. The number of benzene rings is 4. The van der Waals surface area contributed by atoms with Gasteiger partial charge >= 0.3 is 11.9 Å². The number of aliphatic hydroxyl groups is 2. The van der Waals surface area contributed by atoms with E-state index in [9.17, 15) is 19.8 Å². The van der Waals surface area contributed by atoms with Crippen molar-refractivity contribution in [2.45, 2.75) is 147 Å². The fourth-order valence-electron chi connectivity index (χ4n) is 10.2. The van der Waals surface area contributed by atoms with Crippen molar-refractivity contribution in [2.75, 3.05) is 26.3 Å². The first-order chi connectivity index (χ1) is 29.6. The van der Waals surface area contributed by atoms with Crippen LogP contribution in [0.4, 0.5) is 0 Å². The number of nitrogens with zero attached hydrogens (tertiary/aromatic N) is 2. The predicted octanol–water partition coefficient (Wildman–Crippen LogP) is 9.25. The van der Waals surface area contributed by atoms with Crippen molar-refractivity contribution in [3.05, 3.63) is 131 Å². The zero-order chi connectivity index (χ0) is 45.8. The lowest BCUT2D eigenvalue weighted by atomic mass is 9.77. The zero-order valence-corrected chi connectivity index (χ0v) is 39.1. The molecule has 63 heavy (non-hydrogen) atoms. The molecule has 2 aliphatic rings. The second-order valence-electron chi connectivity index (χ2n) is 20.7. The van der Waals surface area contributed by atoms with Crippen LogP contribution in [-0.2, 0) is 14.9 Å². The van der Waals surface area contributed by atoms with E-state index in [1.165, 1.54) is 0 Å². The number of rotatable bonds is 16. The Morgan fingerprint density at radius 2 is 0.841 bits per heavy atom. The Morgan fingerprint density at radius 3 is 1.14 bits per heavy atom. The number of ether oxygens (including phenoxy) is 4. The summed E-state index contributed by atoms with van der Waals surface area (Å²) in [6.07, 6.45) is 0.746. The van der Waals surface area contributed by atoms with Gasteiger partial charge in [-0.2, -0.15) is 0 Å². The summed E-state index contributed by atoms with van der Waals surface area (Å²) in [6, 6.07) is 34.3. The highest BCUT2D eigenvalue weighted by atomic mass is 16.5. The first kappa shape index (κ1) is 47.7. The molecule has 4 aromatic rings. The number of piperidine rings is 2. The quantitative estimate of drug-likeness (QED) is 0.106. The lowest BCUT2D eigenvalue weighted by molar-refractivity contribution is -0.105. The molecule has 0 amide bonds. The van der Waals surface area contributed by atoms with Crippen LogP contribution in [0.3, 0.4) is 0 Å². The van der Waals surface area contributed by atoms with Crippen LogP contribution in [0, 0.1) is 0 Å². The van der Waals surface area contributed by atoms with Gasteiger partial charge in [0.25, 0.3) is 0 Å². The molecule has 10 heteroatoms. The number of β-amino-alcohol motifs (C(OH)–C–C–N with tert-alkyl or cyclic N) is 2. The van der Waals surface area contributed by atoms with Crippen molar-refractivity contribution in [2.24, 2.45) is 0 Å². The van der Waals surface area contributed by atoms with E-state index in [0.29, 0.717) is 61.4 Å². The third-order valence-corrected chi connectivity index (χ3v) is 13.2. The lowest BCUT2D eigenvalue weighted by Crippen LogP contribution is -2.64. The minimum absolute atomic E-state index is 0.147. The Labute approximate surface area is 375 Å². The average Bonchev–Trinajstić information content (AvgIpc) is 3.22. The summed E-state index contributed by atoms with van der Waals surface area (Å²) in [7, 11) is 0. The maximum atomic E-state index is 12.8. The fourth-order valence-corrected chi connectivity index (χ4v) is 10.2. The Morgan fingerprint density at radius 1 is 0.540 bits per heavy atom. The molecular formula is C53H70N2O8. The highest BCUT2D eigenvalue weighted by Crippen LogP contribution is 2.42. The van der Waals surface area contributed by atoms with Gasteiger partial charge in [0.2, 0.25) is 0 Å². The minimum Gasteiger partial charge on any atom is -0.491 e. The molecule has 2 N–H and O–H groups in total. The topological polar surface area (TPSA) is 118 Å². The van der Waals surface area contributed by atoms with Crippen LogP contribution < -0.4 is 9.47 Å². The molecular weight excluding hydrogens is 793 g/mol. The SMILES string of the molecule is CC(C)(c1ccc(OCC(O)CN2C(C)(C)CC(OC(=O)c3ccccc3)CC2(C)C)cc1)c1ccc(OCC(O)CN2C(C)(C)CC(OC(=O)c3ccccc3)CC2(C)C)cc1. The summed E-state index contributed by atoms with van der Waals surface area (Å²) in [6.45, 7) is 22.6. The number of hydrogen-bond donors (Lipinski definition) is 2. The highest BCUT2D eigenvalue weighted by Gasteiger charge is 2.48. The Hall–Kier alpha value is -4.74. The van der Waals surface area contributed by atoms with Crippen LogP contribution in [0.1, 0.15) is 127 Å². The van der Waals surface area contributed by atoms with Gasteiger partial charge in [0.1, 0.15) is 49.1 Å². The van der Waals surface area contributed by atoms with Crippen molar-refractivity contribution < 1.29 is 38.7 Å². The van der Waals surface area contributed by atoms with Crippen molar-refractivity contribution in [3.8, 4) is 11.5 Å². The van der Waals surface area contributed by atoms with Crippen molar-refractivity contribution in [1.29, 1.82) is 0 Å². The highest BCUT2D eigenvalue weighted by molar-refractivity contribution is 5.90. The predicted molar refractivity (Wildman–Crippen MR) is 248 cm³/mol. The Balaban J connectivity index is 0.963. The van der Waals surface area contributed by atoms with Gasteiger partial charge in [0.15, 0.2) is 0 Å². The largest absolute Gasteiger partial charge is 0.491 e. The molecule has 340 valence electrons. The molecule has 2 saturated heterocycles. The number of esters is 2. The van der Waals surface area contributed by atoms with Crippen LogP contribution in [0.25, 0.3) is 0 Å². The van der Waals surface area contributed by atoms with Crippen LogP contribution in [0.15, 0.2) is 109 Å². The van der Waals surface area contributed by atoms with Gasteiger partial charge in [-0.1, -0.05) is 74.5 Å². The molecule has 0 spiro atoms. The van der Waals surface area contributed by atoms with E-state index >= 15 is 0 Å². The van der Waals surface area contributed by atoms with Crippen molar-refractivity contribution >= 4 is 11.9 Å². The van der Waals surface area contributed by atoms with Gasteiger partial charge in [-0.15, -0.1) is 0 Å². The monoisotopic (exact) mass is 863 g/mol.